The van der Waals surface area contributed by atoms with Crippen molar-refractivity contribution >= 4 is 17.7 Å². The van der Waals surface area contributed by atoms with E-state index in [0.29, 0.717) is 57.1 Å². The van der Waals surface area contributed by atoms with E-state index in [2.05, 4.69) is 21.7 Å². The van der Waals surface area contributed by atoms with Crippen molar-refractivity contribution in [3.63, 3.8) is 0 Å². The number of halogens is 1. The number of nitrogens with one attached hydrogen (secondary N) is 1. The largest absolute Gasteiger partial charge is 0.465 e. The summed E-state index contributed by atoms with van der Waals surface area (Å²) in [5.74, 6) is -0.428. The van der Waals surface area contributed by atoms with E-state index < -0.39 is 11.5 Å². The molecule has 10 nitrogen and oxygen atoms in total. The number of fused-ring (bicyclic) bond motifs is 1. The Hall–Kier alpha value is -3.28. The minimum absolute atomic E-state index is 0.0902. The summed E-state index contributed by atoms with van der Waals surface area (Å²) in [5, 5.41) is 9.81. The summed E-state index contributed by atoms with van der Waals surface area (Å²) in [5.41, 5.74) is 2.06. The predicted molar refractivity (Wildman–Crippen MR) is 153 cm³/mol. The first-order chi connectivity index (χ1) is 19.4. The molecule has 3 aliphatic rings. The van der Waals surface area contributed by atoms with E-state index in [0.717, 1.165) is 17.8 Å². The Labute approximate surface area is 239 Å². The molecule has 222 valence electrons. The van der Waals surface area contributed by atoms with Gasteiger partial charge in [-0.1, -0.05) is 26.0 Å². The molecule has 0 aliphatic carbocycles. The van der Waals surface area contributed by atoms with Crippen molar-refractivity contribution in [1.29, 1.82) is 0 Å². The minimum Gasteiger partial charge on any atom is -0.465 e. The molecule has 2 amide bonds. The van der Waals surface area contributed by atoms with Crippen molar-refractivity contribution in [2.75, 3.05) is 57.4 Å². The van der Waals surface area contributed by atoms with Gasteiger partial charge >= 0.3 is 6.09 Å². The maximum absolute atomic E-state index is 14.0. The molecule has 0 unspecified atom stereocenters. The molecule has 3 aliphatic heterocycles. The van der Waals surface area contributed by atoms with Crippen LogP contribution in [0.4, 0.5) is 14.9 Å². The number of anilines is 1. The second kappa shape index (κ2) is 11.5. The van der Waals surface area contributed by atoms with E-state index in [4.69, 9.17) is 4.74 Å². The normalized spacial score (nSPS) is 24.9. The lowest BCUT2D eigenvalue weighted by Gasteiger charge is -2.47. The van der Waals surface area contributed by atoms with E-state index in [9.17, 15) is 23.9 Å². The maximum atomic E-state index is 14.0. The molecule has 2 fully saturated rings. The number of carbonyl (C=O) groups is 2. The van der Waals surface area contributed by atoms with Crippen molar-refractivity contribution < 1.29 is 23.8 Å². The van der Waals surface area contributed by atoms with E-state index in [-0.39, 0.29) is 42.0 Å². The number of carbonyl (C=O) groups excluding carboxylic acids is 1. The number of pyridine rings is 1. The SMILES string of the molecule is C[C@@H]1COCCN1C[C@H]1CN(C(=O)O)[C@H](C)CN1CC(=O)N1CC(C)(C)c2[nH]c(=O)c(Cc3ccc(F)cc3)cc21. The van der Waals surface area contributed by atoms with Crippen LogP contribution >= 0.6 is 0 Å². The Bertz CT molecular complexity index is 1350. The number of piperazine rings is 1. The van der Waals surface area contributed by atoms with E-state index in [1.807, 2.05) is 20.8 Å². The summed E-state index contributed by atoms with van der Waals surface area (Å²) in [6.45, 7) is 12.0. The van der Waals surface area contributed by atoms with Gasteiger partial charge in [0.1, 0.15) is 5.82 Å². The fraction of sp³-hybridized carbons (Fsp3) is 0.567. The molecule has 0 spiro atoms. The Morgan fingerprint density at radius 1 is 1.12 bits per heavy atom. The van der Waals surface area contributed by atoms with Gasteiger partial charge in [-0.3, -0.25) is 19.4 Å². The minimum atomic E-state index is -0.948. The van der Waals surface area contributed by atoms with Crippen LogP contribution in [0.2, 0.25) is 0 Å². The number of hydrogen-bond acceptors (Lipinski definition) is 6. The highest BCUT2D eigenvalue weighted by molar-refractivity contribution is 5.97. The van der Waals surface area contributed by atoms with E-state index >= 15 is 0 Å². The summed E-state index contributed by atoms with van der Waals surface area (Å²) < 4.78 is 19.0. The van der Waals surface area contributed by atoms with Crippen molar-refractivity contribution in [2.45, 2.75) is 57.7 Å². The van der Waals surface area contributed by atoms with Gasteiger partial charge in [0.2, 0.25) is 5.91 Å². The molecule has 2 saturated heterocycles. The van der Waals surface area contributed by atoms with E-state index in [1.54, 1.807) is 23.1 Å². The second-order valence-corrected chi connectivity index (χ2v) is 12.3. The van der Waals surface area contributed by atoms with Gasteiger partial charge in [-0.2, -0.15) is 0 Å². The van der Waals surface area contributed by atoms with Gasteiger partial charge in [-0.05, 0) is 37.6 Å². The number of rotatable bonds is 6. The number of morpholine rings is 1. The zero-order valence-electron chi connectivity index (χ0n) is 24.2. The third-order valence-electron chi connectivity index (χ3n) is 8.72. The van der Waals surface area contributed by atoms with Crippen LogP contribution in [-0.4, -0.2) is 107 Å². The Balaban J connectivity index is 1.39. The predicted octanol–water partition coefficient (Wildman–Crippen LogP) is 2.50. The number of aromatic nitrogens is 1. The average molecular weight is 570 g/mol. The molecule has 0 bridgehead atoms. The molecule has 2 N–H and O–H groups in total. The van der Waals surface area contributed by atoms with Gasteiger partial charge in [0.25, 0.3) is 5.56 Å². The quantitative estimate of drug-likeness (QED) is 0.550. The summed E-state index contributed by atoms with van der Waals surface area (Å²) in [4.78, 5) is 49.6. The summed E-state index contributed by atoms with van der Waals surface area (Å²) in [6.07, 6.45) is -0.629. The molecule has 3 atom stereocenters. The highest BCUT2D eigenvalue weighted by Crippen LogP contribution is 2.39. The third-order valence-corrected chi connectivity index (χ3v) is 8.72. The van der Waals surface area contributed by atoms with Gasteiger partial charge in [0, 0.05) is 73.9 Å². The molecule has 2 aromatic rings. The van der Waals surface area contributed by atoms with Crippen LogP contribution in [0.5, 0.6) is 0 Å². The molecular formula is C30H40FN5O5. The topological polar surface area (TPSA) is 109 Å². The summed E-state index contributed by atoms with van der Waals surface area (Å²) in [7, 11) is 0. The smallest absolute Gasteiger partial charge is 0.407 e. The highest BCUT2D eigenvalue weighted by atomic mass is 19.1. The number of H-pyrrole nitrogens is 1. The van der Waals surface area contributed by atoms with Gasteiger partial charge < -0.3 is 24.6 Å². The number of nitrogens with zero attached hydrogens (tertiary/aromatic N) is 4. The zero-order chi connectivity index (χ0) is 29.5. The number of ether oxygens (including phenoxy) is 1. The number of benzene rings is 1. The van der Waals surface area contributed by atoms with Crippen molar-refractivity contribution in [3.05, 3.63) is 63.3 Å². The number of carboxylic acid groups (broad SMARTS) is 1. The lowest BCUT2D eigenvalue weighted by molar-refractivity contribution is -0.121. The first-order valence-corrected chi connectivity index (χ1v) is 14.3. The van der Waals surface area contributed by atoms with Crippen LogP contribution in [0.15, 0.2) is 35.1 Å². The standard InChI is InChI=1S/C30H40FN5O5/c1-19-13-34(24(15-35(19)29(39)40)14-33-9-10-41-17-20(33)2)16-26(37)36-18-30(3,4)27-25(36)12-22(28(38)32-27)11-21-5-7-23(31)8-6-21/h5-8,12,19-20,24H,9-11,13-18H2,1-4H3,(H,32,38)(H,39,40)/t19-,20-,24+/m1/s1. The molecule has 0 radical (unpaired) electrons. The Morgan fingerprint density at radius 3 is 2.54 bits per heavy atom. The molecule has 41 heavy (non-hydrogen) atoms. The van der Waals surface area contributed by atoms with Crippen LogP contribution in [-0.2, 0) is 21.4 Å². The fourth-order valence-electron chi connectivity index (χ4n) is 6.33. The molecule has 4 heterocycles. The van der Waals surface area contributed by atoms with Gasteiger partial charge in [0.15, 0.2) is 0 Å². The molecule has 0 saturated carbocycles. The molecular weight excluding hydrogens is 529 g/mol. The van der Waals surface area contributed by atoms with E-state index in [1.165, 1.54) is 17.0 Å². The Morgan fingerprint density at radius 2 is 1.85 bits per heavy atom. The number of aromatic amines is 1. The van der Waals surface area contributed by atoms with Gasteiger partial charge in [0.05, 0.1) is 25.4 Å². The number of amides is 2. The van der Waals surface area contributed by atoms with Gasteiger partial charge in [-0.25, -0.2) is 9.18 Å². The number of hydrogen-bond donors (Lipinski definition) is 2. The first kappa shape index (κ1) is 29.2. The van der Waals surface area contributed by atoms with Crippen molar-refractivity contribution in [3.8, 4) is 0 Å². The molecule has 5 rings (SSSR count). The average Bonchev–Trinajstić information content (AvgIpc) is 3.17. The lowest BCUT2D eigenvalue weighted by atomic mass is 9.91. The zero-order valence-corrected chi connectivity index (χ0v) is 24.2. The molecule has 1 aromatic carbocycles. The van der Waals surface area contributed by atoms with Gasteiger partial charge in [-0.15, -0.1) is 0 Å². The Kier molecular flexibility index (Phi) is 8.22. The second-order valence-electron chi connectivity index (χ2n) is 12.3. The monoisotopic (exact) mass is 569 g/mol. The van der Waals surface area contributed by atoms with Crippen molar-refractivity contribution in [2.24, 2.45) is 0 Å². The molecule has 1 aromatic heterocycles. The van der Waals surface area contributed by atoms with Crippen LogP contribution < -0.4 is 10.5 Å². The summed E-state index contributed by atoms with van der Waals surface area (Å²) >= 11 is 0. The molecule has 11 heteroatoms. The fourth-order valence-corrected chi connectivity index (χ4v) is 6.33. The van der Waals surface area contributed by atoms with Crippen LogP contribution in [0.3, 0.4) is 0 Å². The maximum Gasteiger partial charge on any atom is 0.407 e. The van der Waals surface area contributed by atoms with Crippen molar-refractivity contribution in [1.82, 2.24) is 19.7 Å². The summed E-state index contributed by atoms with van der Waals surface area (Å²) in [6, 6.07) is 7.66. The lowest BCUT2D eigenvalue weighted by Crippen LogP contribution is -2.64. The van der Waals surface area contributed by atoms with Crippen LogP contribution in [0, 0.1) is 5.82 Å². The first-order valence-electron chi connectivity index (χ1n) is 14.3. The van der Waals surface area contributed by atoms with Crippen LogP contribution in [0.1, 0.15) is 44.5 Å². The highest BCUT2D eigenvalue weighted by Gasteiger charge is 2.42. The van der Waals surface area contributed by atoms with Crippen LogP contribution in [0.25, 0.3) is 0 Å². The third kappa shape index (κ3) is 6.17.